The summed E-state index contributed by atoms with van der Waals surface area (Å²) in [4.78, 5) is 25.5. The van der Waals surface area contributed by atoms with Crippen LogP contribution in [0.25, 0.3) is 0 Å². The fraction of sp³-hybridized carbons (Fsp3) is 0.467. The second-order valence-corrected chi connectivity index (χ2v) is 5.22. The molecule has 0 bridgehead atoms. The van der Waals surface area contributed by atoms with Gasteiger partial charge in [-0.25, -0.2) is 4.39 Å². The first-order chi connectivity index (χ1) is 10.1. The maximum Gasteiger partial charge on any atom is 0.238 e. The number of amides is 2. The molecule has 2 N–H and O–H groups in total. The lowest BCUT2D eigenvalue weighted by atomic mass is 9.96. The third-order valence-corrected chi connectivity index (χ3v) is 3.70. The Labute approximate surface area is 123 Å². The number of likely N-dealkylation sites (tertiary alicyclic amines) is 1. The van der Waals surface area contributed by atoms with Crippen molar-refractivity contribution in [1.82, 2.24) is 10.2 Å². The standard InChI is InChI=1S/C15H20FN3O2/c1-17-15(21)11-6-8-19(9-7-11)10-14(20)18-13-4-2-12(16)3-5-13/h2-5,11H,6-10H2,1H3,(H,17,21)(H,18,20). The number of nitrogens with one attached hydrogen (secondary N) is 2. The Morgan fingerprint density at radius 3 is 2.43 bits per heavy atom. The van der Waals surface area contributed by atoms with Crippen LogP contribution in [0.1, 0.15) is 12.8 Å². The van der Waals surface area contributed by atoms with Crippen LogP contribution >= 0.6 is 0 Å². The van der Waals surface area contributed by atoms with Crippen molar-refractivity contribution in [2.45, 2.75) is 12.8 Å². The van der Waals surface area contributed by atoms with Crippen molar-refractivity contribution >= 4 is 17.5 Å². The smallest absolute Gasteiger partial charge is 0.238 e. The molecule has 0 aromatic heterocycles. The summed E-state index contributed by atoms with van der Waals surface area (Å²) in [6.45, 7) is 1.75. The van der Waals surface area contributed by atoms with Gasteiger partial charge in [0, 0.05) is 18.7 Å². The lowest BCUT2D eigenvalue weighted by Crippen LogP contribution is -2.42. The van der Waals surface area contributed by atoms with Crippen LogP contribution in [0.3, 0.4) is 0 Å². The second-order valence-electron chi connectivity index (χ2n) is 5.22. The van der Waals surface area contributed by atoms with Crippen molar-refractivity contribution in [3.05, 3.63) is 30.1 Å². The minimum atomic E-state index is -0.329. The first kappa shape index (κ1) is 15.4. The minimum Gasteiger partial charge on any atom is -0.359 e. The molecule has 1 aromatic carbocycles. The summed E-state index contributed by atoms with van der Waals surface area (Å²) < 4.78 is 12.8. The summed E-state index contributed by atoms with van der Waals surface area (Å²) in [5.74, 6) is -0.332. The summed E-state index contributed by atoms with van der Waals surface area (Å²) in [5, 5.41) is 5.40. The van der Waals surface area contributed by atoms with Gasteiger partial charge in [0.2, 0.25) is 11.8 Å². The molecule has 1 fully saturated rings. The monoisotopic (exact) mass is 293 g/mol. The molecule has 0 unspecified atom stereocenters. The van der Waals surface area contributed by atoms with E-state index in [1.54, 1.807) is 7.05 Å². The Balaban J connectivity index is 1.76. The second kappa shape index (κ2) is 7.17. The van der Waals surface area contributed by atoms with Gasteiger partial charge in [-0.1, -0.05) is 0 Å². The molecule has 0 atom stereocenters. The molecule has 0 radical (unpaired) electrons. The van der Waals surface area contributed by atoms with Crippen molar-refractivity contribution in [3.8, 4) is 0 Å². The number of hydrogen-bond acceptors (Lipinski definition) is 3. The number of benzene rings is 1. The molecule has 5 nitrogen and oxygen atoms in total. The first-order valence-electron chi connectivity index (χ1n) is 7.08. The summed E-state index contributed by atoms with van der Waals surface area (Å²) >= 11 is 0. The number of halogens is 1. The normalized spacial score (nSPS) is 16.5. The Hall–Kier alpha value is -1.95. The summed E-state index contributed by atoms with van der Waals surface area (Å²) in [6, 6.07) is 5.69. The quantitative estimate of drug-likeness (QED) is 0.877. The zero-order valence-corrected chi connectivity index (χ0v) is 12.1. The van der Waals surface area contributed by atoms with Crippen LogP contribution in [0.5, 0.6) is 0 Å². The van der Waals surface area contributed by atoms with Gasteiger partial charge in [0.05, 0.1) is 6.54 Å². The lowest BCUT2D eigenvalue weighted by Gasteiger charge is -2.30. The van der Waals surface area contributed by atoms with Crippen molar-refractivity contribution in [1.29, 1.82) is 0 Å². The average molecular weight is 293 g/mol. The molecule has 0 aliphatic carbocycles. The van der Waals surface area contributed by atoms with Gasteiger partial charge in [0.1, 0.15) is 5.82 Å². The van der Waals surface area contributed by atoms with Crippen molar-refractivity contribution in [3.63, 3.8) is 0 Å². The van der Waals surface area contributed by atoms with Crippen LogP contribution in [0.2, 0.25) is 0 Å². The number of rotatable bonds is 4. The van der Waals surface area contributed by atoms with E-state index in [1.165, 1.54) is 24.3 Å². The molecule has 1 aliphatic rings. The molecule has 21 heavy (non-hydrogen) atoms. The van der Waals surface area contributed by atoms with Gasteiger partial charge in [0.15, 0.2) is 0 Å². The fourth-order valence-electron chi connectivity index (χ4n) is 2.49. The van der Waals surface area contributed by atoms with Crippen molar-refractivity contribution in [2.24, 2.45) is 5.92 Å². The van der Waals surface area contributed by atoms with Gasteiger partial charge in [-0.3, -0.25) is 14.5 Å². The van der Waals surface area contributed by atoms with Crippen molar-refractivity contribution < 1.29 is 14.0 Å². The molecule has 6 heteroatoms. The Morgan fingerprint density at radius 2 is 1.86 bits per heavy atom. The predicted octanol–water partition coefficient (Wildman–Crippen LogP) is 1.22. The van der Waals surface area contributed by atoms with E-state index in [4.69, 9.17) is 0 Å². The van der Waals surface area contributed by atoms with E-state index < -0.39 is 0 Å². The predicted molar refractivity (Wildman–Crippen MR) is 78.3 cm³/mol. The Morgan fingerprint density at radius 1 is 1.24 bits per heavy atom. The van der Waals surface area contributed by atoms with E-state index in [9.17, 15) is 14.0 Å². The highest BCUT2D eigenvalue weighted by Gasteiger charge is 2.25. The van der Waals surface area contributed by atoms with Gasteiger partial charge < -0.3 is 10.6 Å². The molecule has 114 valence electrons. The summed E-state index contributed by atoms with van der Waals surface area (Å²) in [6.07, 6.45) is 1.53. The number of anilines is 1. The van der Waals surface area contributed by atoms with Gasteiger partial charge in [0.25, 0.3) is 0 Å². The highest BCUT2D eigenvalue weighted by Crippen LogP contribution is 2.17. The van der Waals surface area contributed by atoms with E-state index in [1.807, 2.05) is 4.90 Å². The first-order valence-corrected chi connectivity index (χ1v) is 7.08. The van der Waals surface area contributed by atoms with Gasteiger partial charge >= 0.3 is 0 Å². The molecule has 1 aliphatic heterocycles. The zero-order valence-electron chi connectivity index (χ0n) is 12.1. The number of piperidine rings is 1. The summed E-state index contributed by atoms with van der Waals surface area (Å²) in [7, 11) is 1.64. The number of hydrogen-bond donors (Lipinski definition) is 2. The van der Waals surface area contributed by atoms with Gasteiger partial charge in [-0.05, 0) is 50.2 Å². The van der Waals surface area contributed by atoms with Crippen LogP contribution < -0.4 is 10.6 Å². The topological polar surface area (TPSA) is 61.4 Å². The van der Waals surface area contributed by atoms with E-state index in [0.717, 1.165) is 25.9 Å². The van der Waals surface area contributed by atoms with Gasteiger partial charge in [-0.15, -0.1) is 0 Å². The van der Waals surface area contributed by atoms with Gasteiger partial charge in [-0.2, -0.15) is 0 Å². The van der Waals surface area contributed by atoms with Crippen LogP contribution in [0.4, 0.5) is 10.1 Å². The maximum absolute atomic E-state index is 12.8. The molecule has 0 spiro atoms. The highest BCUT2D eigenvalue weighted by molar-refractivity contribution is 5.92. The Kier molecular flexibility index (Phi) is 5.27. The highest BCUT2D eigenvalue weighted by atomic mass is 19.1. The third kappa shape index (κ3) is 4.53. The number of carbonyl (C=O) groups is 2. The molecular weight excluding hydrogens is 273 g/mol. The Bertz CT molecular complexity index is 496. The zero-order chi connectivity index (χ0) is 15.2. The van der Waals surface area contributed by atoms with Crippen LogP contribution in [-0.4, -0.2) is 43.4 Å². The molecule has 2 rings (SSSR count). The molecule has 1 aromatic rings. The SMILES string of the molecule is CNC(=O)C1CCN(CC(=O)Nc2ccc(F)cc2)CC1. The fourth-order valence-corrected chi connectivity index (χ4v) is 2.49. The summed E-state index contributed by atoms with van der Waals surface area (Å²) in [5.41, 5.74) is 0.585. The van der Waals surface area contributed by atoms with Crippen LogP contribution in [0.15, 0.2) is 24.3 Å². The van der Waals surface area contributed by atoms with E-state index >= 15 is 0 Å². The maximum atomic E-state index is 12.8. The molecule has 2 amide bonds. The lowest BCUT2D eigenvalue weighted by molar-refractivity contribution is -0.126. The molecule has 0 saturated carbocycles. The molecular formula is C15H20FN3O2. The average Bonchev–Trinajstić information content (AvgIpc) is 2.49. The number of carbonyl (C=O) groups excluding carboxylic acids is 2. The van der Waals surface area contributed by atoms with E-state index in [-0.39, 0.29) is 30.1 Å². The third-order valence-electron chi connectivity index (χ3n) is 3.70. The molecule has 1 heterocycles. The van der Waals surface area contributed by atoms with Crippen LogP contribution in [0, 0.1) is 11.7 Å². The van der Waals surface area contributed by atoms with Crippen LogP contribution in [-0.2, 0) is 9.59 Å². The van der Waals surface area contributed by atoms with E-state index in [2.05, 4.69) is 10.6 Å². The van der Waals surface area contributed by atoms with E-state index in [0.29, 0.717) is 5.69 Å². The largest absolute Gasteiger partial charge is 0.359 e. The molecule has 1 saturated heterocycles. The minimum absolute atomic E-state index is 0.0476. The number of nitrogens with zero attached hydrogens (tertiary/aromatic N) is 1. The van der Waals surface area contributed by atoms with Crippen molar-refractivity contribution in [2.75, 3.05) is 32.0 Å².